The lowest BCUT2D eigenvalue weighted by atomic mass is 9.91. The lowest BCUT2D eigenvalue weighted by Gasteiger charge is -2.24. The van der Waals surface area contributed by atoms with Crippen molar-refractivity contribution in [2.45, 2.75) is 59.1 Å². The largest absolute Gasteiger partial charge is 0.465 e. The number of ether oxygens (including phenoxy) is 1. The molecule has 0 spiro atoms. The number of rotatable bonds is 8. The molecule has 5 nitrogen and oxygen atoms in total. The number of hydrogen-bond acceptors (Lipinski definition) is 4. The van der Waals surface area contributed by atoms with E-state index in [0.717, 1.165) is 7.11 Å². The van der Waals surface area contributed by atoms with Gasteiger partial charge in [0.15, 0.2) is 5.69 Å². The van der Waals surface area contributed by atoms with E-state index < -0.39 is 35.4 Å². The lowest BCUT2D eigenvalue weighted by molar-refractivity contribution is -0.140. The third-order valence-electron chi connectivity index (χ3n) is 3.95. The number of anilines is 1. The Kier molecular flexibility index (Phi) is 8.91. The highest BCUT2D eigenvalue weighted by Gasteiger charge is 2.40. The Morgan fingerprint density at radius 1 is 1.21 bits per heavy atom. The molecule has 0 aliphatic heterocycles. The van der Waals surface area contributed by atoms with E-state index in [4.69, 9.17) is 4.74 Å². The number of halogens is 4. The van der Waals surface area contributed by atoms with Gasteiger partial charge in [-0.25, -0.2) is 9.78 Å². The van der Waals surface area contributed by atoms with E-state index in [1.54, 1.807) is 13.8 Å². The molecule has 0 saturated heterocycles. The molecule has 0 radical (unpaired) electrons. The predicted molar refractivity (Wildman–Crippen MR) is 105 cm³/mol. The molecule has 0 bridgehead atoms. The van der Waals surface area contributed by atoms with Crippen LogP contribution >= 0.6 is 15.9 Å². The fourth-order valence-electron chi connectivity index (χ4n) is 2.78. The molecule has 1 heterocycles. The molecule has 0 fully saturated rings. The van der Waals surface area contributed by atoms with E-state index in [-0.39, 0.29) is 35.6 Å². The van der Waals surface area contributed by atoms with Gasteiger partial charge in [-0.05, 0) is 30.2 Å². The van der Waals surface area contributed by atoms with Gasteiger partial charge in [-0.1, -0.05) is 43.6 Å². The number of carbonyl (C=O) groups excluding carboxylic acids is 2. The Hall–Kier alpha value is -1.64. The van der Waals surface area contributed by atoms with E-state index in [2.05, 4.69) is 26.2 Å². The van der Waals surface area contributed by atoms with Crippen molar-refractivity contribution < 1.29 is 27.5 Å². The molecule has 0 aliphatic rings. The second-order valence-corrected chi connectivity index (χ2v) is 7.95. The number of amides is 1. The minimum absolute atomic E-state index is 0.00464. The van der Waals surface area contributed by atoms with Crippen LogP contribution in [0.2, 0.25) is 0 Å². The molecule has 1 rings (SSSR count). The highest BCUT2D eigenvalue weighted by Crippen LogP contribution is 2.40. The first-order valence-electron chi connectivity index (χ1n) is 9.02. The summed E-state index contributed by atoms with van der Waals surface area (Å²) in [5.74, 6) is -1.84. The standard InChI is InChI=1S/C19H26BrF3N2O3/c1-10(2)9-12-14(18(27)28-5)15(11(3)4)25-17(19(21,22)23)16(12)24-13(26)7-6-8-20/h10-11H,6-9H2,1-5H3,(H,24,26). The number of hydrogen-bond donors (Lipinski definition) is 1. The van der Waals surface area contributed by atoms with Gasteiger partial charge in [-0.15, -0.1) is 0 Å². The second kappa shape index (κ2) is 10.2. The normalized spacial score (nSPS) is 11.8. The maximum absolute atomic E-state index is 13.8. The van der Waals surface area contributed by atoms with Crippen LogP contribution in [0.5, 0.6) is 0 Å². The van der Waals surface area contributed by atoms with Crippen LogP contribution in [0.1, 0.15) is 73.8 Å². The molecule has 1 amide bonds. The van der Waals surface area contributed by atoms with Crippen molar-refractivity contribution in [2.24, 2.45) is 5.92 Å². The zero-order chi connectivity index (χ0) is 21.6. The van der Waals surface area contributed by atoms with Crippen molar-refractivity contribution in [1.29, 1.82) is 0 Å². The minimum atomic E-state index is -4.79. The van der Waals surface area contributed by atoms with E-state index in [0.29, 0.717) is 11.8 Å². The van der Waals surface area contributed by atoms with Crippen LogP contribution in [0, 0.1) is 5.92 Å². The molecule has 9 heteroatoms. The number of carbonyl (C=O) groups is 2. The van der Waals surface area contributed by atoms with Crippen LogP contribution in [-0.2, 0) is 22.1 Å². The summed E-state index contributed by atoms with van der Waals surface area (Å²) >= 11 is 3.19. The predicted octanol–water partition coefficient (Wildman–Crippen LogP) is 5.32. The number of nitrogens with zero attached hydrogens (tertiary/aromatic N) is 1. The zero-order valence-corrected chi connectivity index (χ0v) is 18.3. The Bertz CT molecular complexity index is 719. The van der Waals surface area contributed by atoms with Gasteiger partial charge in [0.05, 0.1) is 24.1 Å². The Morgan fingerprint density at radius 3 is 2.25 bits per heavy atom. The van der Waals surface area contributed by atoms with Gasteiger partial charge >= 0.3 is 12.1 Å². The van der Waals surface area contributed by atoms with Crippen molar-refractivity contribution in [1.82, 2.24) is 4.98 Å². The van der Waals surface area contributed by atoms with Crippen molar-refractivity contribution >= 4 is 33.5 Å². The van der Waals surface area contributed by atoms with Crippen LogP contribution in [0.3, 0.4) is 0 Å². The maximum atomic E-state index is 13.8. The summed E-state index contributed by atoms with van der Waals surface area (Å²) in [5.41, 5.74) is -1.53. The van der Waals surface area contributed by atoms with Crippen molar-refractivity contribution in [3.8, 4) is 0 Å². The third kappa shape index (κ3) is 6.18. The van der Waals surface area contributed by atoms with E-state index >= 15 is 0 Å². The van der Waals surface area contributed by atoms with Crippen molar-refractivity contribution in [3.63, 3.8) is 0 Å². The smallest absolute Gasteiger partial charge is 0.435 e. The van der Waals surface area contributed by atoms with Crippen LogP contribution in [0.25, 0.3) is 0 Å². The Labute approximate surface area is 171 Å². The van der Waals surface area contributed by atoms with Gasteiger partial charge in [0.25, 0.3) is 0 Å². The van der Waals surface area contributed by atoms with Crippen LogP contribution < -0.4 is 5.32 Å². The molecule has 0 aliphatic carbocycles. The monoisotopic (exact) mass is 466 g/mol. The van der Waals surface area contributed by atoms with E-state index in [1.165, 1.54) is 0 Å². The Balaban J connectivity index is 3.83. The first kappa shape index (κ1) is 24.4. The van der Waals surface area contributed by atoms with Crippen molar-refractivity contribution in [2.75, 3.05) is 17.8 Å². The molecular formula is C19H26BrF3N2O3. The fraction of sp³-hybridized carbons (Fsp3) is 0.632. The van der Waals surface area contributed by atoms with Gasteiger partial charge in [0.2, 0.25) is 5.91 Å². The minimum Gasteiger partial charge on any atom is -0.465 e. The molecule has 0 saturated carbocycles. The summed E-state index contributed by atoms with van der Waals surface area (Å²) < 4.78 is 46.2. The highest BCUT2D eigenvalue weighted by molar-refractivity contribution is 9.09. The number of aromatic nitrogens is 1. The number of nitrogens with one attached hydrogen (secondary N) is 1. The van der Waals surface area contributed by atoms with Gasteiger partial charge in [-0.3, -0.25) is 4.79 Å². The van der Waals surface area contributed by atoms with Crippen LogP contribution in [0.4, 0.5) is 18.9 Å². The summed E-state index contributed by atoms with van der Waals surface area (Å²) in [6.07, 6.45) is -4.12. The maximum Gasteiger partial charge on any atom is 0.435 e. The molecule has 1 N–H and O–H groups in total. The topological polar surface area (TPSA) is 68.3 Å². The molecule has 0 atom stereocenters. The van der Waals surface area contributed by atoms with Crippen LogP contribution in [0.15, 0.2) is 0 Å². The summed E-state index contributed by atoms with van der Waals surface area (Å²) in [5, 5.41) is 2.91. The summed E-state index contributed by atoms with van der Waals surface area (Å²) in [7, 11) is 1.16. The number of pyridine rings is 1. The molecule has 28 heavy (non-hydrogen) atoms. The molecule has 1 aromatic heterocycles. The van der Waals surface area contributed by atoms with E-state index in [1.807, 2.05) is 13.8 Å². The molecule has 158 valence electrons. The lowest BCUT2D eigenvalue weighted by Crippen LogP contribution is -2.25. The van der Waals surface area contributed by atoms with Crippen molar-refractivity contribution in [3.05, 3.63) is 22.5 Å². The first-order chi connectivity index (χ1) is 12.9. The molecular weight excluding hydrogens is 441 g/mol. The quantitative estimate of drug-likeness (QED) is 0.415. The summed E-state index contributed by atoms with van der Waals surface area (Å²) in [6.45, 7) is 6.95. The van der Waals surface area contributed by atoms with Gasteiger partial charge in [-0.2, -0.15) is 13.2 Å². The fourth-order valence-corrected chi connectivity index (χ4v) is 3.06. The zero-order valence-electron chi connectivity index (χ0n) is 16.7. The SMILES string of the molecule is COC(=O)c1c(C(C)C)nc(C(F)(F)F)c(NC(=O)CCCBr)c1CC(C)C. The van der Waals surface area contributed by atoms with Gasteiger partial charge in [0.1, 0.15) is 0 Å². The molecule has 0 aromatic carbocycles. The first-order valence-corrected chi connectivity index (χ1v) is 10.1. The summed E-state index contributed by atoms with van der Waals surface area (Å²) in [4.78, 5) is 28.4. The van der Waals surface area contributed by atoms with Gasteiger partial charge < -0.3 is 10.1 Å². The molecule has 1 aromatic rings. The number of esters is 1. The average molecular weight is 467 g/mol. The highest BCUT2D eigenvalue weighted by atomic mass is 79.9. The molecule has 0 unspecified atom stereocenters. The van der Waals surface area contributed by atoms with Gasteiger partial charge in [0, 0.05) is 11.8 Å². The number of methoxy groups -OCH3 is 1. The summed E-state index contributed by atoms with van der Waals surface area (Å²) in [6, 6.07) is 0. The Morgan fingerprint density at radius 2 is 1.82 bits per heavy atom. The second-order valence-electron chi connectivity index (χ2n) is 7.16. The number of alkyl halides is 4. The average Bonchev–Trinajstić information content (AvgIpc) is 2.58. The van der Waals surface area contributed by atoms with Crippen LogP contribution in [-0.4, -0.2) is 29.3 Å². The van der Waals surface area contributed by atoms with E-state index in [9.17, 15) is 22.8 Å². The third-order valence-corrected chi connectivity index (χ3v) is 4.51.